The standard InChI is InChI=1S/C17H15NO4/c1-11-2-7-14-15(8-11)22-10-16(19)18(14)9-12-3-5-13(6-4-12)17(20)21/h2-8H,9-10H2,1H3,(H,20,21). The number of hydrogen-bond donors (Lipinski definition) is 1. The zero-order valence-corrected chi connectivity index (χ0v) is 12.1. The van der Waals surface area contributed by atoms with Crippen LogP contribution in [0.25, 0.3) is 0 Å². The van der Waals surface area contributed by atoms with Crippen LogP contribution < -0.4 is 9.64 Å². The average molecular weight is 297 g/mol. The van der Waals surface area contributed by atoms with E-state index in [2.05, 4.69) is 0 Å². The number of carbonyl (C=O) groups is 2. The second-order valence-corrected chi connectivity index (χ2v) is 5.24. The molecule has 0 atom stereocenters. The summed E-state index contributed by atoms with van der Waals surface area (Å²) in [6, 6.07) is 12.2. The highest BCUT2D eigenvalue weighted by molar-refractivity contribution is 5.97. The van der Waals surface area contributed by atoms with Gasteiger partial charge in [-0.15, -0.1) is 0 Å². The van der Waals surface area contributed by atoms with Gasteiger partial charge in [0.2, 0.25) is 0 Å². The van der Waals surface area contributed by atoms with Crippen LogP contribution in [0.3, 0.4) is 0 Å². The maximum atomic E-state index is 12.1. The van der Waals surface area contributed by atoms with Gasteiger partial charge in [-0.25, -0.2) is 4.79 Å². The molecule has 1 aliphatic heterocycles. The Morgan fingerprint density at radius 3 is 2.64 bits per heavy atom. The van der Waals surface area contributed by atoms with Crippen molar-refractivity contribution in [1.82, 2.24) is 0 Å². The normalized spacial score (nSPS) is 13.5. The molecule has 2 aromatic carbocycles. The number of hydrogen-bond acceptors (Lipinski definition) is 3. The predicted octanol–water partition coefficient (Wildman–Crippen LogP) is 2.62. The fraction of sp³-hybridized carbons (Fsp3) is 0.176. The van der Waals surface area contributed by atoms with Crippen LogP contribution in [0.5, 0.6) is 5.75 Å². The zero-order valence-electron chi connectivity index (χ0n) is 12.1. The minimum absolute atomic E-state index is 0.0175. The van der Waals surface area contributed by atoms with Gasteiger partial charge in [-0.3, -0.25) is 4.79 Å². The van der Waals surface area contributed by atoms with Crippen LogP contribution in [0, 0.1) is 6.92 Å². The van der Waals surface area contributed by atoms with Crippen molar-refractivity contribution in [3.05, 3.63) is 59.2 Å². The zero-order chi connectivity index (χ0) is 15.7. The molecule has 0 radical (unpaired) electrons. The van der Waals surface area contributed by atoms with Crippen LogP contribution in [0.4, 0.5) is 5.69 Å². The molecule has 22 heavy (non-hydrogen) atoms. The first-order valence-corrected chi connectivity index (χ1v) is 6.90. The van der Waals surface area contributed by atoms with E-state index >= 15 is 0 Å². The lowest BCUT2D eigenvalue weighted by molar-refractivity contribution is -0.121. The Morgan fingerprint density at radius 1 is 1.23 bits per heavy atom. The first kappa shape index (κ1) is 14.1. The number of nitrogens with zero attached hydrogens (tertiary/aromatic N) is 1. The molecule has 1 heterocycles. The summed E-state index contributed by atoms with van der Waals surface area (Å²) in [5, 5.41) is 8.91. The van der Waals surface area contributed by atoms with Crippen molar-refractivity contribution in [3.8, 4) is 5.75 Å². The SMILES string of the molecule is Cc1ccc2c(c1)OCC(=O)N2Cc1ccc(C(=O)O)cc1. The predicted molar refractivity (Wildman–Crippen MR) is 81.3 cm³/mol. The minimum atomic E-state index is -0.963. The number of aryl methyl sites for hydroxylation is 1. The van der Waals surface area contributed by atoms with E-state index in [1.807, 2.05) is 25.1 Å². The van der Waals surface area contributed by atoms with Crippen LogP contribution >= 0.6 is 0 Å². The number of amides is 1. The molecule has 1 aliphatic rings. The van der Waals surface area contributed by atoms with Crippen molar-refractivity contribution in [1.29, 1.82) is 0 Å². The molecule has 5 heteroatoms. The molecule has 0 fully saturated rings. The number of aromatic carboxylic acids is 1. The van der Waals surface area contributed by atoms with E-state index in [0.29, 0.717) is 12.3 Å². The Morgan fingerprint density at radius 2 is 1.95 bits per heavy atom. The minimum Gasteiger partial charge on any atom is -0.482 e. The molecule has 112 valence electrons. The van der Waals surface area contributed by atoms with Crippen LogP contribution in [0.15, 0.2) is 42.5 Å². The number of benzene rings is 2. The topological polar surface area (TPSA) is 66.8 Å². The van der Waals surface area contributed by atoms with Crippen molar-refractivity contribution < 1.29 is 19.4 Å². The van der Waals surface area contributed by atoms with Gasteiger partial charge >= 0.3 is 5.97 Å². The highest BCUT2D eigenvalue weighted by atomic mass is 16.5. The summed E-state index contributed by atoms with van der Waals surface area (Å²) in [5.41, 5.74) is 2.91. The molecule has 3 rings (SSSR count). The van der Waals surface area contributed by atoms with Crippen molar-refractivity contribution in [2.24, 2.45) is 0 Å². The Hall–Kier alpha value is -2.82. The Balaban J connectivity index is 1.88. The van der Waals surface area contributed by atoms with Crippen molar-refractivity contribution in [2.45, 2.75) is 13.5 Å². The summed E-state index contributed by atoms with van der Waals surface area (Å²) < 4.78 is 5.47. The number of anilines is 1. The molecule has 0 spiro atoms. The van der Waals surface area contributed by atoms with E-state index in [1.165, 1.54) is 0 Å². The lowest BCUT2D eigenvalue weighted by Gasteiger charge is -2.29. The Kier molecular flexibility index (Phi) is 3.55. The number of carbonyl (C=O) groups excluding carboxylic acids is 1. The third kappa shape index (κ3) is 2.65. The quantitative estimate of drug-likeness (QED) is 0.945. The maximum absolute atomic E-state index is 12.1. The molecular formula is C17H15NO4. The van der Waals surface area contributed by atoms with Crippen LogP contribution in [-0.2, 0) is 11.3 Å². The smallest absolute Gasteiger partial charge is 0.335 e. The third-order valence-electron chi connectivity index (χ3n) is 3.60. The third-order valence-corrected chi connectivity index (χ3v) is 3.60. The van der Waals surface area contributed by atoms with Crippen LogP contribution in [0.1, 0.15) is 21.5 Å². The molecule has 2 aromatic rings. The molecule has 1 N–H and O–H groups in total. The summed E-state index contributed by atoms with van der Waals surface area (Å²) >= 11 is 0. The largest absolute Gasteiger partial charge is 0.482 e. The number of rotatable bonds is 3. The van der Waals surface area contributed by atoms with Gasteiger partial charge < -0.3 is 14.7 Å². The first-order chi connectivity index (χ1) is 10.5. The molecule has 0 bridgehead atoms. The van der Waals surface area contributed by atoms with Crippen LogP contribution in [-0.4, -0.2) is 23.6 Å². The second-order valence-electron chi connectivity index (χ2n) is 5.24. The number of carboxylic acid groups (broad SMARTS) is 1. The monoisotopic (exact) mass is 297 g/mol. The van der Waals surface area contributed by atoms with Gasteiger partial charge in [0.1, 0.15) is 5.75 Å². The number of fused-ring (bicyclic) bond motifs is 1. The van der Waals surface area contributed by atoms with Crippen LogP contribution in [0.2, 0.25) is 0 Å². The van der Waals surface area contributed by atoms with E-state index in [9.17, 15) is 9.59 Å². The highest BCUT2D eigenvalue weighted by Gasteiger charge is 2.25. The van der Waals surface area contributed by atoms with Gasteiger partial charge in [0.15, 0.2) is 6.61 Å². The van der Waals surface area contributed by atoms with Gasteiger partial charge in [-0.2, -0.15) is 0 Å². The molecule has 0 unspecified atom stereocenters. The number of carboxylic acids is 1. The first-order valence-electron chi connectivity index (χ1n) is 6.90. The maximum Gasteiger partial charge on any atom is 0.335 e. The number of ether oxygens (including phenoxy) is 1. The molecule has 0 saturated heterocycles. The highest BCUT2D eigenvalue weighted by Crippen LogP contribution is 2.33. The average Bonchev–Trinajstić information content (AvgIpc) is 2.50. The molecule has 0 aromatic heterocycles. The van der Waals surface area contributed by atoms with Crippen molar-refractivity contribution >= 4 is 17.6 Å². The van der Waals surface area contributed by atoms with E-state index in [4.69, 9.17) is 9.84 Å². The summed E-state index contributed by atoms with van der Waals surface area (Å²) in [5.74, 6) is -0.379. The van der Waals surface area contributed by atoms with E-state index < -0.39 is 5.97 Å². The van der Waals surface area contributed by atoms with Gasteiger partial charge in [-0.05, 0) is 42.3 Å². The summed E-state index contributed by atoms with van der Waals surface area (Å²) in [6.07, 6.45) is 0. The van der Waals surface area contributed by atoms with E-state index in [1.54, 1.807) is 29.2 Å². The molecule has 5 nitrogen and oxygen atoms in total. The van der Waals surface area contributed by atoms with Crippen molar-refractivity contribution in [2.75, 3.05) is 11.5 Å². The summed E-state index contributed by atoms with van der Waals surface area (Å²) in [4.78, 5) is 24.7. The second kappa shape index (κ2) is 5.52. The Bertz CT molecular complexity index is 737. The summed E-state index contributed by atoms with van der Waals surface area (Å²) in [7, 11) is 0. The van der Waals surface area contributed by atoms with Gasteiger partial charge in [0, 0.05) is 0 Å². The molecule has 0 aliphatic carbocycles. The van der Waals surface area contributed by atoms with E-state index in [-0.39, 0.29) is 18.1 Å². The van der Waals surface area contributed by atoms with Gasteiger partial charge in [0.05, 0.1) is 17.8 Å². The lowest BCUT2D eigenvalue weighted by Crippen LogP contribution is -2.38. The summed E-state index contributed by atoms with van der Waals surface area (Å²) in [6.45, 7) is 2.37. The fourth-order valence-electron chi connectivity index (χ4n) is 2.42. The fourth-order valence-corrected chi connectivity index (χ4v) is 2.42. The Labute approximate surface area is 127 Å². The van der Waals surface area contributed by atoms with Gasteiger partial charge in [0.25, 0.3) is 5.91 Å². The van der Waals surface area contributed by atoms with E-state index in [0.717, 1.165) is 16.8 Å². The molecular weight excluding hydrogens is 282 g/mol. The molecule has 0 saturated carbocycles. The van der Waals surface area contributed by atoms with Crippen molar-refractivity contribution in [3.63, 3.8) is 0 Å². The lowest BCUT2D eigenvalue weighted by atomic mass is 10.1. The van der Waals surface area contributed by atoms with Gasteiger partial charge in [-0.1, -0.05) is 18.2 Å². The molecule has 1 amide bonds.